The fourth-order valence-electron chi connectivity index (χ4n) is 2.23. The Labute approximate surface area is 105 Å². The zero-order valence-electron chi connectivity index (χ0n) is 10.2. The molecule has 1 aromatic rings. The van der Waals surface area contributed by atoms with Crippen LogP contribution < -0.4 is 5.32 Å². The number of rotatable bonds is 3. The first-order valence-corrected chi connectivity index (χ1v) is 6.21. The van der Waals surface area contributed by atoms with E-state index in [9.17, 15) is 14.3 Å². The lowest BCUT2D eigenvalue weighted by Gasteiger charge is -2.32. The summed E-state index contributed by atoms with van der Waals surface area (Å²) in [6, 6.07) is 2.52. The molecule has 18 heavy (non-hydrogen) atoms. The Morgan fingerprint density at radius 3 is 2.72 bits per heavy atom. The van der Waals surface area contributed by atoms with E-state index in [0.717, 1.165) is 25.5 Å². The average molecular weight is 252 g/mol. The van der Waals surface area contributed by atoms with Gasteiger partial charge in [0, 0.05) is 6.54 Å². The molecule has 0 aliphatic heterocycles. The monoisotopic (exact) mass is 252 g/mol. The Bertz CT molecular complexity index is 414. The van der Waals surface area contributed by atoms with Crippen molar-refractivity contribution in [3.05, 3.63) is 29.8 Å². The lowest BCUT2D eigenvalue weighted by Crippen LogP contribution is -2.44. The minimum atomic E-state index is -0.798. The van der Waals surface area contributed by atoms with E-state index in [4.69, 9.17) is 0 Å². The molecule has 1 aliphatic rings. The largest absolute Gasteiger partial charge is 0.388 e. The fraction of sp³-hybridized carbons (Fsp3) is 0.538. The summed E-state index contributed by atoms with van der Waals surface area (Å²) in [6.45, 7) is 0.227. The van der Waals surface area contributed by atoms with Crippen LogP contribution in [0.4, 0.5) is 4.39 Å². The van der Waals surface area contributed by atoms with Gasteiger partial charge in [0.15, 0.2) is 0 Å². The Morgan fingerprint density at radius 1 is 1.39 bits per heavy atom. The molecule has 1 heterocycles. The van der Waals surface area contributed by atoms with Gasteiger partial charge in [0.2, 0.25) is 0 Å². The number of hydrogen-bond acceptors (Lipinski definition) is 3. The Morgan fingerprint density at radius 2 is 2.11 bits per heavy atom. The standard InChI is InChI=1S/C13H17FN2O2/c14-10-4-5-11(15-8-10)12(17)16-9-13(18)6-2-1-3-7-13/h4-5,8,18H,1-3,6-7,9H2,(H,16,17). The SMILES string of the molecule is O=C(NCC1(O)CCCCC1)c1ccc(F)cn1. The third-order valence-electron chi connectivity index (χ3n) is 3.32. The van der Waals surface area contributed by atoms with Gasteiger partial charge in [0.25, 0.3) is 5.91 Å². The van der Waals surface area contributed by atoms with Crippen LogP contribution in [-0.2, 0) is 0 Å². The lowest BCUT2D eigenvalue weighted by atomic mass is 9.85. The normalized spacial score (nSPS) is 18.3. The first-order chi connectivity index (χ1) is 8.59. The van der Waals surface area contributed by atoms with Crippen LogP contribution in [0.15, 0.2) is 18.3 Å². The van der Waals surface area contributed by atoms with E-state index < -0.39 is 11.4 Å². The number of halogens is 1. The Kier molecular flexibility index (Phi) is 3.91. The second-order valence-corrected chi connectivity index (χ2v) is 4.83. The van der Waals surface area contributed by atoms with E-state index in [2.05, 4.69) is 10.3 Å². The number of amides is 1. The smallest absolute Gasteiger partial charge is 0.269 e. The van der Waals surface area contributed by atoms with Crippen molar-refractivity contribution < 1.29 is 14.3 Å². The van der Waals surface area contributed by atoms with Gasteiger partial charge in [0.1, 0.15) is 11.5 Å². The van der Waals surface area contributed by atoms with Crippen molar-refractivity contribution in [1.29, 1.82) is 0 Å². The van der Waals surface area contributed by atoms with Crippen molar-refractivity contribution in [3.63, 3.8) is 0 Å². The Balaban J connectivity index is 1.89. The van der Waals surface area contributed by atoms with Crippen LogP contribution in [0.1, 0.15) is 42.6 Å². The highest BCUT2D eigenvalue weighted by molar-refractivity contribution is 5.92. The molecular formula is C13H17FN2O2. The molecule has 5 heteroatoms. The van der Waals surface area contributed by atoms with Crippen molar-refractivity contribution in [3.8, 4) is 0 Å². The van der Waals surface area contributed by atoms with Crippen molar-refractivity contribution in [1.82, 2.24) is 10.3 Å². The second-order valence-electron chi connectivity index (χ2n) is 4.83. The number of hydrogen-bond donors (Lipinski definition) is 2. The second kappa shape index (κ2) is 5.44. The van der Waals surface area contributed by atoms with Gasteiger partial charge in [0.05, 0.1) is 11.8 Å². The van der Waals surface area contributed by atoms with Crippen LogP contribution in [-0.4, -0.2) is 28.1 Å². The molecule has 0 radical (unpaired) electrons. The van der Waals surface area contributed by atoms with Gasteiger partial charge < -0.3 is 10.4 Å². The summed E-state index contributed by atoms with van der Waals surface area (Å²) < 4.78 is 12.7. The molecule has 0 saturated heterocycles. The van der Waals surface area contributed by atoms with E-state index in [1.807, 2.05) is 0 Å². The number of carbonyl (C=O) groups excluding carboxylic acids is 1. The molecule has 0 unspecified atom stereocenters. The molecule has 0 spiro atoms. The fourth-order valence-corrected chi connectivity index (χ4v) is 2.23. The van der Waals surface area contributed by atoms with Crippen molar-refractivity contribution in [2.75, 3.05) is 6.54 Å². The highest BCUT2D eigenvalue weighted by atomic mass is 19.1. The predicted octanol–water partition coefficient (Wildman–Crippen LogP) is 1.65. The zero-order chi connectivity index (χ0) is 13.0. The number of aliphatic hydroxyl groups is 1. The summed E-state index contributed by atoms with van der Waals surface area (Å²) in [7, 11) is 0. The van der Waals surface area contributed by atoms with Crippen LogP contribution in [0.2, 0.25) is 0 Å². The maximum absolute atomic E-state index is 12.7. The molecule has 2 rings (SSSR count). The number of carbonyl (C=O) groups is 1. The third-order valence-corrected chi connectivity index (χ3v) is 3.32. The quantitative estimate of drug-likeness (QED) is 0.859. The molecular weight excluding hydrogens is 235 g/mol. The summed E-state index contributed by atoms with van der Waals surface area (Å²) >= 11 is 0. The molecule has 0 aromatic carbocycles. The van der Waals surface area contributed by atoms with Crippen molar-refractivity contribution in [2.24, 2.45) is 0 Å². The molecule has 0 atom stereocenters. The first-order valence-electron chi connectivity index (χ1n) is 6.21. The van der Waals surface area contributed by atoms with E-state index in [1.54, 1.807) is 0 Å². The van der Waals surface area contributed by atoms with E-state index in [0.29, 0.717) is 12.8 Å². The first kappa shape index (κ1) is 13.0. The maximum Gasteiger partial charge on any atom is 0.269 e. The highest BCUT2D eigenvalue weighted by Crippen LogP contribution is 2.27. The van der Waals surface area contributed by atoms with Crippen LogP contribution in [0.3, 0.4) is 0 Å². The van der Waals surface area contributed by atoms with Gasteiger partial charge >= 0.3 is 0 Å². The van der Waals surface area contributed by atoms with E-state index >= 15 is 0 Å². The van der Waals surface area contributed by atoms with Crippen LogP contribution in [0.5, 0.6) is 0 Å². The van der Waals surface area contributed by atoms with Crippen LogP contribution in [0, 0.1) is 5.82 Å². The molecule has 4 nitrogen and oxygen atoms in total. The topological polar surface area (TPSA) is 62.2 Å². The van der Waals surface area contributed by atoms with E-state index in [1.165, 1.54) is 12.1 Å². The maximum atomic E-state index is 12.7. The molecule has 1 amide bonds. The molecule has 1 saturated carbocycles. The third kappa shape index (κ3) is 3.26. The molecule has 0 bridgehead atoms. The zero-order valence-corrected chi connectivity index (χ0v) is 10.2. The summed E-state index contributed by atoms with van der Waals surface area (Å²) in [5, 5.41) is 12.9. The summed E-state index contributed by atoms with van der Waals surface area (Å²) in [4.78, 5) is 15.4. The number of nitrogens with one attached hydrogen (secondary N) is 1. The van der Waals surface area contributed by atoms with Crippen LogP contribution >= 0.6 is 0 Å². The van der Waals surface area contributed by atoms with Crippen molar-refractivity contribution >= 4 is 5.91 Å². The van der Waals surface area contributed by atoms with Gasteiger partial charge in [-0.15, -0.1) is 0 Å². The summed E-state index contributed by atoms with van der Waals surface area (Å²) in [5.74, 6) is -0.855. The number of aromatic nitrogens is 1. The van der Waals surface area contributed by atoms with Gasteiger partial charge in [-0.3, -0.25) is 4.79 Å². The number of nitrogens with zero attached hydrogens (tertiary/aromatic N) is 1. The predicted molar refractivity (Wildman–Crippen MR) is 64.6 cm³/mol. The number of pyridine rings is 1. The highest BCUT2D eigenvalue weighted by Gasteiger charge is 2.29. The molecule has 98 valence electrons. The summed E-state index contributed by atoms with van der Waals surface area (Å²) in [6.07, 6.45) is 5.54. The summed E-state index contributed by atoms with van der Waals surface area (Å²) in [5.41, 5.74) is -0.635. The van der Waals surface area contributed by atoms with E-state index in [-0.39, 0.29) is 18.1 Å². The van der Waals surface area contributed by atoms with Gasteiger partial charge in [-0.1, -0.05) is 19.3 Å². The Hall–Kier alpha value is -1.49. The molecule has 1 aliphatic carbocycles. The molecule has 2 N–H and O–H groups in total. The van der Waals surface area contributed by atoms with Gasteiger partial charge in [-0.2, -0.15) is 0 Å². The van der Waals surface area contributed by atoms with Crippen molar-refractivity contribution in [2.45, 2.75) is 37.7 Å². The van der Waals surface area contributed by atoms with Crippen LogP contribution in [0.25, 0.3) is 0 Å². The lowest BCUT2D eigenvalue weighted by molar-refractivity contribution is 0.00521. The van der Waals surface area contributed by atoms with Gasteiger partial charge in [-0.05, 0) is 25.0 Å². The molecule has 1 fully saturated rings. The molecule has 1 aromatic heterocycles. The minimum Gasteiger partial charge on any atom is -0.388 e. The van der Waals surface area contributed by atoms with Gasteiger partial charge in [-0.25, -0.2) is 9.37 Å². The average Bonchev–Trinajstić information content (AvgIpc) is 2.38. The minimum absolute atomic E-state index is 0.163.